The van der Waals surface area contributed by atoms with E-state index in [1.54, 1.807) is 12.1 Å². The lowest BCUT2D eigenvalue weighted by atomic mass is 9.98. The van der Waals surface area contributed by atoms with Crippen molar-refractivity contribution in [3.8, 4) is 0 Å². The maximum atomic E-state index is 11.4. The Morgan fingerprint density at radius 2 is 1.50 bits per heavy atom. The summed E-state index contributed by atoms with van der Waals surface area (Å²) in [5.41, 5.74) is 9.28. The Labute approximate surface area is 126 Å². The van der Waals surface area contributed by atoms with E-state index in [4.69, 9.17) is 5.73 Å². The van der Waals surface area contributed by atoms with E-state index in [0.717, 1.165) is 17.5 Å². The Hall–Kier alpha value is -2.66. The second-order valence-corrected chi connectivity index (χ2v) is 5.29. The van der Waals surface area contributed by atoms with Crippen molar-refractivity contribution in [1.29, 1.82) is 0 Å². The maximum absolute atomic E-state index is 11.4. The van der Waals surface area contributed by atoms with Gasteiger partial charge in [0.2, 0.25) is 0 Å². The molecule has 0 aliphatic heterocycles. The SMILES string of the molecule is CCc1ccc(C(N)c2ccc3[nH]c(=O)c(=O)[nH]c3c2)cc1. The van der Waals surface area contributed by atoms with Gasteiger partial charge in [0, 0.05) is 0 Å². The fourth-order valence-electron chi connectivity index (χ4n) is 2.48. The van der Waals surface area contributed by atoms with E-state index < -0.39 is 11.1 Å². The third-order valence-corrected chi connectivity index (χ3v) is 3.85. The van der Waals surface area contributed by atoms with Crippen LogP contribution in [0.4, 0.5) is 0 Å². The summed E-state index contributed by atoms with van der Waals surface area (Å²) < 4.78 is 0. The number of H-pyrrole nitrogens is 2. The summed E-state index contributed by atoms with van der Waals surface area (Å²) in [7, 11) is 0. The van der Waals surface area contributed by atoms with Crippen LogP contribution in [-0.2, 0) is 6.42 Å². The van der Waals surface area contributed by atoms with Gasteiger partial charge in [-0.1, -0.05) is 37.3 Å². The third-order valence-electron chi connectivity index (χ3n) is 3.85. The van der Waals surface area contributed by atoms with Crippen LogP contribution in [0.5, 0.6) is 0 Å². The molecule has 1 atom stereocenters. The summed E-state index contributed by atoms with van der Waals surface area (Å²) in [6.07, 6.45) is 0.986. The molecule has 22 heavy (non-hydrogen) atoms. The van der Waals surface area contributed by atoms with Crippen LogP contribution in [0.3, 0.4) is 0 Å². The molecule has 1 unspecified atom stereocenters. The Morgan fingerprint density at radius 3 is 2.14 bits per heavy atom. The van der Waals surface area contributed by atoms with Crippen LogP contribution in [0.15, 0.2) is 52.1 Å². The van der Waals surface area contributed by atoms with Crippen LogP contribution in [0.2, 0.25) is 0 Å². The number of nitrogens with one attached hydrogen (secondary N) is 2. The molecule has 0 radical (unpaired) electrons. The Bertz CT molecular complexity index is 923. The molecule has 0 saturated heterocycles. The minimum absolute atomic E-state index is 0.286. The van der Waals surface area contributed by atoms with Gasteiger partial charge >= 0.3 is 11.1 Å². The van der Waals surface area contributed by atoms with Gasteiger partial charge in [-0.25, -0.2) is 0 Å². The molecule has 0 bridgehead atoms. The molecule has 4 N–H and O–H groups in total. The molecule has 0 fully saturated rings. The van der Waals surface area contributed by atoms with E-state index in [9.17, 15) is 9.59 Å². The molecule has 0 amide bonds. The van der Waals surface area contributed by atoms with Crippen LogP contribution >= 0.6 is 0 Å². The minimum atomic E-state index is -0.662. The van der Waals surface area contributed by atoms with Crippen molar-refractivity contribution in [3.05, 3.63) is 79.9 Å². The Kier molecular flexibility index (Phi) is 3.65. The average molecular weight is 295 g/mol. The summed E-state index contributed by atoms with van der Waals surface area (Å²) in [6.45, 7) is 2.11. The van der Waals surface area contributed by atoms with Crippen molar-refractivity contribution in [3.63, 3.8) is 0 Å². The van der Waals surface area contributed by atoms with E-state index in [2.05, 4.69) is 29.0 Å². The predicted octanol–water partition coefficient (Wildman–Crippen LogP) is 1.83. The highest BCUT2D eigenvalue weighted by Gasteiger charge is 2.10. The molecule has 112 valence electrons. The number of nitrogens with two attached hydrogens (primary N) is 1. The first-order valence-corrected chi connectivity index (χ1v) is 7.19. The topological polar surface area (TPSA) is 91.7 Å². The lowest BCUT2D eigenvalue weighted by Gasteiger charge is -2.13. The zero-order chi connectivity index (χ0) is 15.7. The monoisotopic (exact) mass is 295 g/mol. The molecule has 0 aliphatic rings. The summed E-state index contributed by atoms with van der Waals surface area (Å²) in [6, 6.07) is 13.3. The van der Waals surface area contributed by atoms with E-state index in [1.165, 1.54) is 5.56 Å². The van der Waals surface area contributed by atoms with Gasteiger partial charge in [-0.2, -0.15) is 0 Å². The van der Waals surface area contributed by atoms with Gasteiger partial charge in [0.15, 0.2) is 0 Å². The number of aromatic amines is 2. The number of benzene rings is 2. The van der Waals surface area contributed by atoms with E-state index in [1.807, 2.05) is 18.2 Å². The summed E-state index contributed by atoms with van der Waals surface area (Å²) >= 11 is 0. The normalized spacial score (nSPS) is 12.5. The standard InChI is InChI=1S/C17H17N3O2/c1-2-10-3-5-11(6-4-10)15(18)12-7-8-13-14(9-12)20-17(22)16(21)19-13/h3-9,15H,2,18H2,1H3,(H,19,21)(H,20,22). The molecule has 5 heteroatoms. The van der Waals surface area contributed by atoms with Crippen LogP contribution in [-0.4, -0.2) is 9.97 Å². The summed E-state index contributed by atoms with van der Waals surface area (Å²) in [5.74, 6) is 0. The molecule has 0 spiro atoms. The van der Waals surface area contributed by atoms with Gasteiger partial charge in [-0.15, -0.1) is 0 Å². The molecular formula is C17H17N3O2. The lowest BCUT2D eigenvalue weighted by molar-refractivity contribution is 0.870. The molecule has 3 aromatic rings. The molecular weight excluding hydrogens is 278 g/mol. The molecule has 3 rings (SSSR count). The largest absolute Gasteiger partial charge is 0.320 e. The number of aromatic nitrogens is 2. The second kappa shape index (κ2) is 5.61. The van der Waals surface area contributed by atoms with Crippen molar-refractivity contribution in [2.75, 3.05) is 0 Å². The van der Waals surface area contributed by atoms with Gasteiger partial charge in [-0.05, 0) is 35.2 Å². The first-order chi connectivity index (χ1) is 10.6. The molecule has 1 heterocycles. The predicted molar refractivity (Wildman–Crippen MR) is 87.0 cm³/mol. The van der Waals surface area contributed by atoms with Crippen LogP contribution in [0.25, 0.3) is 11.0 Å². The van der Waals surface area contributed by atoms with Crippen molar-refractivity contribution in [2.45, 2.75) is 19.4 Å². The molecule has 0 saturated carbocycles. The van der Waals surface area contributed by atoms with E-state index in [-0.39, 0.29) is 6.04 Å². The fourth-order valence-corrected chi connectivity index (χ4v) is 2.48. The van der Waals surface area contributed by atoms with E-state index >= 15 is 0 Å². The van der Waals surface area contributed by atoms with Gasteiger partial charge < -0.3 is 15.7 Å². The molecule has 5 nitrogen and oxygen atoms in total. The van der Waals surface area contributed by atoms with Crippen molar-refractivity contribution >= 4 is 11.0 Å². The zero-order valence-electron chi connectivity index (χ0n) is 12.2. The Balaban J connectivity index is 2.02. The minimum Gasteiger partial charge on any atom is -0.320 e. The lowest BCUT2D eigenvalue weighted by Crippen LogP contribution is -2.29. The molecule has 2 aromatic carbocycles. The highest BCUT2D eigenvalue weighted by atomic mass is 16.2. The van der Waals surface area contributed by atoms with Crippen LogP contribution in [0, 0.1) is 0 Å². The highest BCUT2D eigenvalue weighted by Crippen LogP contribution is 2.22. The molecule has 0 aliphatic carbocycles. The number of hydrogen-bond acceptors (Lipinski definition) is 3. The number of hydrogen-bond donors (Lipinski definition) is 3. The second-order valence-electron chi connectivity index (χ2n) is 5.29. The van der Waals surface area contributed by atoms with Crippen LogP contribution in [0.1, 0.15) is 29.7 Å². The first kappa shape index (κ1) is 14.3. The van der Waals surface area contributed by atoms with Gasteiger partial charge in [0.05, 0.1) is 17.1 Å². The number of rotatable bonds is 3. The highest BCUT2D eigenvalue weighted by molar-refractivity contribution is 5.74. The van der Waals surface area contributed by atoms with Crippen molar-refractivity contribution in [1.82, 2.24) is 9.97 Å². The van der Waals surface area contributed by atoms with Gasteiger partial charge in [0.25, 0.3) is 0 Å². The third kappa shape index (κ3) is 2.58. The number of fused-ring (bicyclic) bond motifs is 1. The number of aryl methyl sites for hydroxylation is 1. The van der Waals surface area contributed by atoms with Gasteiger partial charge in [-0.3, -0.25) is 9.59 Å². The fraction of sp³-hybridized carbons (Fsp3) is 0.176. The van der Waals surface area contributed by atoms with Crippen LogP contribution < -0.4 is 16.9 Å². The van der Waals surface area contributed by atoms with Crippen molar-refractivity contribution < 1.29 is 0 Å². The Morgan fingerprint density at radius 1 is 0.909 bits per heavy atom. The average Bonchev–Trinajstić information content (AvgIpc) is 2.55. The molecule has 1 aromatic heterocycles. The quantitative estimate of drug-likeness (QED) is 0.644. The van der Waals surface area contributed by atoms with Gasteiger partial charge in [0.1, 0.15) is 0 Å². The zero-order valence-corrected chi connectivity index (χ0v) is 12.2. The smallest absolute Gasteiger partial charge is 0.314 e. The van der Waals surface area contributed by atoms with Crippen molar-refractivity contribution in [2.24, 2.45) is 5.73 Å². The van der Waals surface area contributed by atoms with E-state index in [0.29, 0.717) is 11.0 Å². The summed E-state index contributed by atoms with van der Waals surface area (Å²) in [4.78, 5) is 27.8. The maximum Gasteiger partial charge on any atom is 0.314 e. The first-order valence-electron chi connectivity index (χ1n) is 7.19. The summed E-state index contributed by atoms with van der Waals surface area (Å²) in [5, 5.41) is 0.